The SMILES string of the molecule is O=C(O)N1CCN(C(=O)c2ccccc2-c2cccc(NS(=O)(=O)C3CCC3)c2)CC1. The molecule has 2 aliphatic rings. The number of hydrogen-bond acceptors (Lipinski definition) is 4. The molecule has 9 heteroatoms. The lowest BCUT2D eigenvalue weighted by atomic mass is 9.98. The number of rotatable bonds is 5. The standard InChI is InChI=1S/C22H25N3O5S/c26-21(24-11-13-25(14-12-24)22(27)28)20-10-2-1-9-19(20)16-5-3-6-17(15-16)23-31(29,30)18-7-4-8-18/h1-3,5-6,9-10,15,18,23H,4,7-8,11-14H2,(H,27,28). The molecule has 164 valence electrons. The molecule has 31 heavy (non-hydrogen) atoms. The Kier molecular flexibility index (Phi) is 5.86. The molecule has 0 aromatic heterocycles. The summed E-state index contributed by atoms with van der Waals surface area (Å²) in [7, 11) is -3.41. The molecule has 2 aromatic carbocycles. The number of hydrogen-bond donors (Lipinski definition) is 2. The van der Waals surface area contributed by atoms with E-state index in [0.29, 0.717) is 42.7 Å². The molecule has 1 heterocycles. The molecule has 2 N–H and O–H groups in total. The minimum atomic E-state index is -3.41. The highest BCUT2D eigenvalue weighted by Crippen LogP contribution is 2.30. The van der Waals surface area contributed by atoms with Gasteiger partial charge in [-0.1, -0.05) is 36.8 Å². The Morgan fingerprint density at radius 3 is 2.26 bits per heavy atom. The van der Waals surface area contributed by atoms with E-state index >= 15 is 0 Å². The van der Waals surface area contributed by atoms with Crippen LogP contribution in [0.1, 0.15) is 29.6 Å². The van der Waals surface area contributed by atoms with Crippen LogP contribution in [0.4, 0.5) is 10.5 Å². The number of nitrogens with one attached hydrogen (secondary N) is 1. The van der Waals surface area contributed by atoms with Crippen LogP contribution in [0.3, 0.4) is 0 Å². The zero-order valence-corrected chi connectivity index (χ0v) is 17.8. The molecule has 2 fully saturated rings. The van der Waals surface area contributed by atoms with Gasteiger partial charge in [0.1, 0.15) is 0 Å². The van der Waals surface area contributed by atoms with Crippen molar-refractivity contribution in [2.24, 2.45) is 0 Å². The number of carbonyl (C=O) groups is 2. The number of benzene rings is 2. The summed E-state index contributed by atoms with van der Waals surface area (Å²) >= 11 is 0. The minimum Gasteiger partial charge on any atom is -0.465 e. The van der Waals surface area contributed by atoms with E-state index in [1.165, 1.54) is 4.90 Å². The first-order chi connectivity index (χ1) is 14.8. The van der Waals surface area contributed by atoms with Crippen LogP contribution in [0.25, 0.3) is 11.1 Å². The lowest BCUT2D eigenvalue weighted by Crippen LogP contribution is -2.50. The van der Waals surface area contributed by atoms with Crippen LogP contribution < -0.4 is 4.72 Å². The highest BCUT2D eigenvalue weighted by molar-refractivity contribution is 7.93. The van der Waals surface area contributed by atoms with E-state index in [1.807, 2.05) is 18.2 Å². The summed E-state index contributed by atoms with van der Waals surface area (Å²) in [4.78, 5) is 27.2. The van der Waals surface area contributed by atoms with E-state index in [4.69, 9.17) is 5.11 Å². The Balaban J connectivity index is 1.56. The number of nitrogens with zero attached hydrogens (tertiary/aromatic N) is 2. The van der Waals surface area contributed by atoms with Crippen molar-refractivity contribution in [3.8, 4) is 11.1 Å². The first-order valence-electron chi connectivity index (χ1n) is 10.3. The van der Waals surface area contributed by atoms with Crippen LogP contribution in [0, 0.1) is 0 Å². The molecule has 0 radical (unpaired) electrons. The molecule has 1 aliphatic heterocycles. The molecule has 2 aromatic rings. The molecule has 0 bridgehead atoms. The summed E-state index contributed by atoms with van der Waals surface area (Å²) in [5.74, 6) is -0.166. The summed E-state index contributed by atoms with van der Waals surface area (Å²) in [6.07, 6.45) is 1.32. The third kappa shape index (κ3) is 4.51. The molecule has 1 aliphatic carbocycles. The fraction of sp³-hybridized carbons (Fsp3) is 0.364. The van der Waals surface area contributed by atoms with Gasteiger partial charge in [-0.15, -0.1) is 0 Å². The van der Waals surface area contributed by atoms with Crippen molar-refractivity contribution in [1.82, 2.24) is 9.80 Å². The molecule has 0 spiro atoms. The van der Waals surface area contributed by atoms with E-state index in [1.54, 1.807) is 35.2 Å². The Morgan fingerprint density at radius 1 is 0.935 bits per heavy atom. The number of sulfonamides is 1. The van der Waals surface area contributed by atoms with Gasteiger partial charge in [0, 0.05) is 37.4 Å². The Bertz CT molecular complexity index is 1090. The van der Waals surface area contributed by atoms with Crippen molar-refractivity contribution >= 4 is 27.7 Å². The van der Waals surface area contributed by atoms with E-state index in [9.17, 15) is 18.0 Å². The summed E-state index contributed by atoms with van der Waals surface area (Å²) in [6, 6.07) is 14.2. The molecule has 8 nitrogen and oxygen atoms in total. The second-order valence-corrected chi connectivity index (χ2v) is 9.85. The molecule has 0 atom stereocenters. The second-order valence-electron chi connectivity index (χ2n) is 7.89. The molecule has 1 saturated carbocycles. The lowest BCUT2D eigenvalue weighted by molar-refractivity contribution is 0.0625. The number of piperazine rings is 1. The molecule has 0 unspecified atom stereocenters. The smallest absolute Gasteiger partial charge is 0.407 e. The monoisotopic (exact) mass is 443 g/mol. The zero-order valence-electron chi connectivity index (χ0n) is 17.0. The summed E-state index contributed by atoms with van der Waals surface area (Å²) in [5.41, 5.74) is 2.42. The average Bonchev–Trinajstić information content (AvgIpc) is 2.71. The molecule has 2 amide bonds. The van der Waals surface area contributed by atoms with Crippen LogP contribution in [-0.2, 0) is 10.0 Å². The topological polar surface area (TPSA) is 107 Å². The quantitative estimate of drug-likeness (QED) is 0.739. The minimum absolute atomic E-state index is 0.166. The summed E-state index contributed by atoms with van der Waals surface area (Å²) < 4.78 is 27.6. The number of carbonyl (C=O) groups excluding carboxylic acids is 1. The van der Waals surface area contributed by atoms with Gasteiger partial charge in [0.15, 0.2) is 0 Å². The van der Waals surface area contributed by atoms with Gasteiger partial charge < -0.3 is 14.9 Å². The normalized spacial score (nSPS) is 17.2. The van der Waals surface area contributed by atoms with Crippen LogP contribution >= 0.6 is 0 Å². The Hall–Kier alpha value is -3.07. The van der Waals surface area contributed by atoms with Gasteiger partial charge in [-0.2, -0.15) is 0 Å². The first kappa shape index (κ1) is 21.2. The van der Waals surface area contributed by atoms with Gasteiger partial charge in [0.25, 0.3) is 5.91 Å². The van der Waals surface area contributed by atoms with Gasteiger partial charge in [-0.3, -0.25) is 9.52 Å². The fourth-order valence-corrected chi connectivity index (χ4v) is 5.45. The van der Waals surface area contributed by atoms with Gasteiger partial charge in [0.05, 0.1) is 5.25 Å². The zero-order chi connectivity index (χ0) is 22.0. The third-order valence-electron chi connectivity index (χ3n) is 5.92. The van der Waals surface area contributed by atoms with Gasteiger partial charge >= 0.3 is 6.09 Å². The van der Waals surface area contributed by atoms with E-state index < -0.39 is 16.1 Å². The third-order valence-corrected chi connectivity index (χ3v) is 7.79. The molecule has 1 saturated heterocycles. The number of anilines is 1. The fourth-order valence-electron chi connectivity index (χ4n) is 3.87. The Morgan fingerprint density at radius 2 is 1.61 bits per heavy atom. The van der Waals surface area contributed by atoms with Crippen molar-refractivity contribution in [3.05, 3.63) is 54.1 Å². The maximum Gasteiger partial charge on any atom is 0.407 e. The summed E-state index contributed by atoms with van der Waals surface area (Å²) in [5, 5.41) is 8.77. The highest BCUT2D eigenvalue weighted by Gasteiger charge is 2.31. The van der Waals surface area contributed by atoms with Crippen molar-refractivity contribution in [3.63, 3.8) is 0 Å². The van der Waals surface area contributed by atoms with Gasteiger partial charge in [0.2, 0.25) is 10.0 Å². The average molecular weight is 444 g/mol. The van der Waals surface area contributed by atoms with Gasteiger partial charge in [-0.05, 0) is 42.2 Å². The van der Waals surface area contributed by atoms with Crippen molar-refractivity contribution in [2.75, 3.05) is 30.9 Å². The van der Waals surface area contributed by atoms with E-state index in [0.717, 1.165) is 12.0 Å². The maximum absolute atomic E-state index is 13.2. The first-order valence-corrected chi connectivity index (χ1v) is 11.9. The lowest BCUT2D eigenvalue weighted by Gasteiger charge is -2.33. The number of carboxylic acid groups (broad SMARTS) is 1. The van der Waals surface area contributed by atoms with E-state index in [2.05, 4.69) is 4.72 Å². The second kappa shape index (κ2) is 8.58. The molecular formula is C22H25N3O5S. The van der Waals surface area contributed by atoms with Crippen LogP contribution in [0.2, 0.25) is 0 Å². The largest absolute Gasteiger partial charge is 0.465 e. The Labute approximate surface area is 181 Å². The van der Waals surface area contributed by atoms with Crippen LogP contribution in [0.15, 0.2) is 48.5 Å². The van der Waals surface area contributed by atoms with Crippen molar-refractivity contribution < 1.29 is 23.1 Å². The molecular weight excluding hydrogens is 418 g/mol. The van der Waals surface area contributed by atoms with Crippen LogP contribution in [0.5, 0.6) is 0 Å². The summed E-state index contributed by atoms with van der Waals surface area (Å²) in [6.45, 7) is 1.23. The van der Waals surface area contributed by atoms with Crippen molar-refractivity contribution in [1.29, 1.82) is 0 Å². The predicted molar refractivity (Wildman–Crippen MR) is 118 cm³/mol. The van der Waals surface area contributed by atoms with Crippen LogP contribution in [-0.4, -0.2) is 66.8 Å². The predicted octanol–water partition coefficient (Wildman–Crippen LogP) is 3.08. The van der Waals surface area contributed by atoms with Gasteiger partial charge in [-0.25, -0.2) is 13.2 Å². The number of amides is 2. The molecule has 4 rings (SSSR count). The highest BCUT2D eigenvalue weighted by atomic mass is 32.2. The maximum atomic E-state index is 13.2. The van der Waals surface area contributed by atoms with Crippen molar-refractivity contribution in [2.45, 2.75) is 24.5 Å². The van der Waals surface area contributed by atoms with E-state index in [-0.39, 0.29) is 24.2 Å².